The first-order valence-corrected chi connectivity index (χ1v) is 8.96. The normalized spacial score (nSPS) is 11.9. The molecule has 0 spiro atoms. The van der Waals surface area contributed by atoms with Crippen LogP contribution in [0.4, 0.5) is 0 Å². The zero-order valence-corrected chi connectivity index (χ0v) is 14.7. The molecule has 0 atom stereocenters. The van der Waals surface area contributed by atoms with Crippen molar-refractivity contribution in [3.05, 3.63) is 95.9 Å². The van der Waals surface area contributed by atoms with Gasteiger partial charge in [-0.15, -0.1) is 0 Å². The summed E-state index contributed by atoms with van der Waals surface area (Å²) in [5.74, 6) is 0.779. The lowest BCUT2D eigenvalue weighted by molar-refractivity contribution is 0.0972. The van der Waals surface area contributed by atoms with Gasteiger partial charge in [-0.2, -0.15) is 0 Å². The van der Waals surface area contributed by atoms with Crippen molar-refractivity contribution < 1.29 is 4.79 Å². The number of hydrogen-bond donors (Lipinski definition) is 0. The predicted molar refractivity (Wildman–Crippen MR) is 104 cm³/mol. The van der Waals surface area contributed by atoms with Crippen molar-refractivity contribution >= 4 is 5.78 Å². The van der Waals surface area contributed by atoms with Gasteiger partial charge in [-0.3, -0.25) is 9.78 Å². The average Bonchev–Trinajstić information content (AvgIpc) is 3.32. The van der Waals surface area contributed by atoms with Crippen LogP contribution in [0.15, 0.2) is 79.3 Å². The fourth-order valence-electron chi connectivity index (χ4n) is 3.73. The van der Waals surface area contributed by atoms with Gasteiger partial charge in [0.2, 0.25) is 0 Å². The minimum Gasteiger partial charge on any atom is -0.322 e. The molecule has 5 rings (SSSR count). The molecule has 2 heterocycles. The summed E-state index contributed by atoms with van der Waals surface area (Å²) in [5, 5.41) is 0. The van der Waals surface area contributed by atoms with Crippen LogP contribution in [-0.4, -0.2) is 20.3 Å². The highest BCUT2D eigenvalue weighted by molar-refractivity contribution is 5.97. The number of hydrogen-bond acceptors (Lipinski definition) is 3. The van der Waals surface area contributed by atoms with Gasteiger partial charge in [0.25, 0.3) is 0 Å². The third kappa shape index (κ3) is 2.75. The minimum atomic E-state index is 0.0731. The number of ketones is 1. The van der Waals surface area contributed by atoms with Gasteiger partial charge < -0.3 is 4.57 Å². The second-order valence-electron chi connectivity index (χ2n) is 6.72. The number of nitrogens with zero attached hydrogens (tertiary/aromatic N) is 3. The van der Waals surface area contributed by atoms with Gasteiger partial charge in [-0.25, -0.2) is 4.98 Å². The maximum absolute atomic E-state index is 12.9. The van der Waals surface area contributed by atoms with Crippen molar-refractivity contribution in [3.8, 4) is 22.6 Å². The number of benzene rings is 2. The molecule has 0 aliphatic heterocycles. The Kier molecular flexibility index (Phi) is 3.68. The molecule has 0 saturated heterocycles. The van der Waals surface area contributed by atoms with Gasteiger partial charge in [0.1, 0.15) is 5.69 Å². The molecule has 27 heavy (non-hydrogen) atoms. The topological polar surface area (TPSA) is 47.8 Å². The first-order chi connectivity index (χ1) is 13.3. The van der Waals surface area contributed by atoms with E-state index in [1.165, 1.54) is 22.3 Å². The van der Waals surface area contributed by atoms with Gasteiger partial charge in [-0.1, -0.05) is 42.5 Å². The lowest BCUT2D eigenvalue weighted by Crippen LogP contribution is -2.11. The molecule has 4 heteroatoms. The summed E-state index contributed by atoms with van der Waals surface area (Å²) >= 11 is 0. The van der Waals surface area contributed by atoms with Crippen molar-refractivity contribution in [1.82, 2.24) is 14.5 Å². The Morgan fingerprint density at radius 3 is 2.63 bits per heavy atom. The van der Waals surface area contributed by atoms with E-state index in [4.69, 9.17) is 0 Å². The van der Waals surface area contributed by atoms with Crippen LogP contribution in [0.1, 0.15) is 21.5 Å². The van der Waals surface area contributed by atoms with Gasteiger partial charge >= 0.3 is 0 Å². The standard InChI is InChI=1S/C23H17N3O/c27-22(15-26-12-11-25-23(26)21-7-3-4-10-24-21)17-8-9-20-18(14-17)13-16-5-1-2-6-19(16)20/h1-12,14H,13,15H2. The van der Waals surface area contributed by atoms with E-state index in [0.717, 1.165) is 17.7 Å². The van der Waals surface area contributed by atoms with E-state index in [1.54, 1.807) is 12.4 Å². The van der Waals surface area contributed by atoms with E-state index in [1.807, 2.05) is 41.1 Å². The molecule has 0 saturated carbocycles. The molecule has 0 radical (unpaired) electrons. The summed E-state index contributed by atoms with van der Waals surface area (Å²) in [6, 6.07) is 20.1. The van der Waals surface area contributed by atoms with Crippen LogP contribution in [0.5, 0.6) is 0 Å². The van der Waals surface area contributed by atoms with E-state index in [2.05, 4.69) is 40.3 Å². The van der Waals surface area contributed by atoms with Crippen molar-refractivity contribution in [1.29, 1.82) is 0 Å². The quantitative estimate of drug-likeness (QED) is 0.451. The first kappa shape index (κ1) is 15.7. The Morgan fingerprint density at radius 2 is 1.74 bits per heavy atom. The van der Waals surface area contributed by atoms with Crippen LogP contribution in [0.3, 0.4) is 0 Å². The molecule has 0 unspecified atom stereocenters. The second-order valence-corrected chi connectivity index (χ2v) is 6.72. The average molecular weight is 351 g/mol. The molecule has 1 aliphatic rings. The molecule has 0 amide bonds. The lowest BCUT2D eigenvalue weighted by atomic mass is 10.0. The number of rotatable bonds is 4. The minimum absolute atomic E-state index is 0.0731. The second kappa shape index (κ2) is 6.32. The number of carbonyl (C=O) groups excluding carboxylic acids is 1. The number of aromatic nitrogens is 3. The van der Waals surface area contributed by atoms with Crippen molar-refractivity contribution in [3.63, 3.8) is 0 Å². The Balaban J connectivity index is 1.42. The molecule has 2 aromatic carbocycles. The molecule has 2 aromatic heterocycles. The Bertz CT molecular complexity index is 1150. The lowest BCUT2D eigenvalue weighted by Gasteiger charge is -2.08. The molecule has 0 N–H and O–H groups in total. The molecule has 0 fully saturated rings. The molecular formula is C23H17N3O. The maximum atomic E-state index is 12.9. The molecular weight excluding hydrogens is 334 g/mol. The smallest absolute Gasteiger partial charge is 0.182 e. The van der Waals surface area contributed by atoms with E-state index in [9.17, 15) is 4.79 Å². The van der Waals surface area contributed by atoms with Gasteiger partial charge in [-0.05, 0) is 46.9 Å². The Hall–Kier alpha value is -3.53. The summed E-state index contributed by atoms with van der Waals surface area (Å²) in [6.07, 6.45) is 6.15. The number of Topliss-reactive ketones (excluding diaryl/α,β-unsaturated/α-hetero) is 1. The zero-order chi connectivity index (χ0) is 18.2. The van der Waals surface area contributed by atoms with Crippen LogP contribution in [-0.2, 0) is 13.0 Å². The molecule has 4 aromatic rings. The largest absolute Gasteiger partial charge is 0.322 e. The fourth-order valence-corrected chi connectivity index (χ4v) is 3.73. The van der Waals surface area contributed by atoms with Crippen LogP contribution < -0.4 is 0 Å². The van der Waals surface area contributed by atoms with Gasteiger partial charge in [0.15, 0.2) is 11.6 Å². The number of imidazole rings is 1. The summed E-state index contributed by atoms with van der Waals surface area (Å²) in [5.41, 5.74) is 6.56. The summed E-state index contributed by atoms with van der Waals surface area (Å²) in [4.78, 5) is 21.6. The SMILES string of the molecule is O=C(Cn1ccnc1-c1ccccn1)c1ccc2c(c1)Cc1ccccc1-2. The van der Waals surface area contributed by atoms with Crippen LogP contribution in [0.25, 0.3) is 22.6 Å². The third-order valence-corrected chi connectivity index (χ3v) is 5.04. The molecule has 4 nitrogen and oxygen atoms in total. The van der Waals surface area contributed by atoms with Crippen molar-refractivity contribution in [2.45, 2.75) is 13.0 Å². The maximum Gasteiger partial charge on any atom is 0.182 e. The van der Waals surface area contributed by atoms with Crippen LogP contribution in [0, 0.1) is 0 Å². The molecule has 1 aliphatic carbocycles. The zero-order valence-electron chi connectivity index (χ0n) is 14.7. The third-order valence-electron chi connectivity index (χ3n) is 5.04. The van der Waals surface area contributed by atoms with Crippen molar-refractivity contribution in [2.75, 3.05) is 0 Å². The van der Waals surface area contributed by atoms with Crippen molar-refractivity contribution in [2.24, 2.45) is 0 Å². The van der Waals surface area contributed by atoms with Gasteiger partial charge in [0.05, 0.1) is 6.54 Å². The van der Waals surface area contributed by atoms with E-state index in [0.29, 0.717) is 5.82 Å². The monoisotopic (exact) mass is 351 g/mol. The summed E-state index contributed by atoms with van der Waals surface area (Å²) in [6.45, 7) is 0.248. The number of carbonyl (C=O) groups is 1. The van der Waals surface area contributed by atoms with Gasteiger partial charge in [0, 0.05) is 24.2 Å². The highest BCUT2D eigenvalue weighted by Gasteiger charge is 2.20. The summed E-state index contributed by atoms with van der Waals surface area (Å²) in [7, 11) is 0. The molecule has 130 valence electrons. The number of fused-ring (bicyclic) bond motifs is 3. The summed E-state index contributed by atoms with van der Waals surface area (Å²) < 4.78 is 1.85. The van der Waals surface area contributed by atoms with E-state index in [-0.39, 0.29) is 12.3 Å². The number of pyridine rings is 1. The fraction of sp³-hybridized carbons (Fsp3) is 0.0870. The first-order valence-electron chi connectivity index (χ1n) is 8.96. The Labute approximate surface area is 157 Å². The predicted octanol–water partition coefficient (Wildman–Crippen LogP) is 4.40. The Morgan fingerprint density at radius 1 is 0.889 bits per heavy atom. The highest BCUT2D eigenvalue weighted by atomic mass is 16.1. The van der Waals surface area contributed by atoms with Crippen LogP contribution >= 0.6 is 0 Å². The highest BCUT2D eigenvalue weighted by Crippen LogP contribution is 2.36. The van der Waals surface area contributed by atoms with E-state index < -0.39 is 0 Å². The van der Waals surface area contributed by atoms with E-state index >= 15 is 0 Å². The molecule has 0 bridgehead atoms. The van der Waals surface area contributed by atoms with Crippen LogP contribution in [0.2, 0.25) is 0 Å².